The highest BCUT2D eigenvalue weighted by molar-refractivity contribution is 6.01. The number of amides is 6. The Morgan fingerprint density at radius 2 is 1.00 bits per heavy atom. The van der Waals surface area contributed by atoms with Gasteiger partial charge < -0.3 is 20.1 Å². The van der Waals surface area contributed by atoms with Crippen LogP contribution in [0.4, 0.5) is 9.59 Å². The number of ether oxygens (including phenoxy) is 2. The summed E-state index contributed by atoms with van der Waals surface area (Å²) in [4.78, 5) is 75.9. The molecule has 4 heterocycles. The molecule has 0 aromatic heterocycles. The molecule has 2 N–H and O–H groups in total. The summed E-state index contributed by atoms with van der Waals surface area (Å²) < 4.78 is 10.2. The molecule has 6 rings (SSSR count). The fraction of sp³-hybridized carbons (Fsp3) is 0.471. The van der Waals surface area contributed by atoms with Crippen LogP contribution in [-0.4, -0.2) is 84.0 Å². The molecular formula is C34H40N4O8. The van der Waals surface area contributed by atoms with Crippen molar-refractivity contribution in [2.75, 3.05) is 26.3 Å². The molecule has 0 radical (unpaired) electrons. The van der Waals surface area contributed by atoms with Crippen LogP contribution in [0.2, 0.25) is 0 Å². The average Bonchev–Trinajstić information content (AvgIpc) is 3.73. The zero-order valence-electron chi connectivity index (χ0n) is 26.5. The summed E-state index contributed by atoms with van der Waals surface area (Å²) in [5.74, 6) is -2.11. The summed E-state index contributed by atoms with van der Waals surface area (Å²) in [6.07, 6.45) is -0.142. The number of nitrogens with one attached hydrogen (secondary N) is 2. The first kappa shape index (κ1) is 32.6. The number of benzene rings is 2. The number of carbonyl (C=O) groups is 6. The summed E-state index contributed by atoms with van der Waals surface area (Å²) >= 11 is 0. The standard InChI is InChI=1S/2C17H20N2O4/c2*1-17(2)13(9-18-15(17)21)14(20)19-12(10-23-16(19)22)8-11-6-4-3-5-7-11/h2*3-7,12-13H,8-10H2,1-2H3,(H,18,21)/t2*12?,13-/m10/s1. The average molecular weight is 633 g/mol. The molecule has 4 saturated heterocycles. The minimum Gasteiger partial charge on any atom is -0.447 e. The molecule has 4 fully saturated rings. The lowest BCUT2D eigenvalue weighted by Gasteiger charge is -2.28. The summed E-state index contributed by atoms with van der Waals surface area (Å²) in [6, 6.07) is 18.7. The van der Waals surface area contributed by atoms with Crippen molar-refractivity contribution in [3.8, 4) is 0 Å². The van der Waals surface area contributed by atoms with E-state index in [1.807, 2.05) is 60.7 Å². The van der Waals surface area contributed by atoms with Crippen molar-refractivity contribution < 1.29 is 38.2 Å². The lowest BCUT2D eigenvalue weighted by molar-refractivity contribution is -0.140. The maximum absolute atomic E-state index is 12.9. The molecular weight excluding hydrogens is 592 g/mol. The van der Waals surface area contributed by atoms with Crippen LogP contribution in [-0.2, 0) is 41.5 Å². The molecule has 12 nitrogen and oxygen atoms in total. The number of hydrogen-bond acceptors (Lipinski definition) is 8. The minimum atomic E-state index is -0.822. The Balaban J connectivity index is 0.000000181. The molecule has 4 aliphatic rings. The van der Waals surface area contributed by atoms with E-state index >= 15 is 0 Å². The van der Waals surface area contributed by atoms with Gasteiger partial charge >= 0.3 is 12.2 Å². The number of cyclic esters (lactones) is 2. The molecule has 0 spiro atoms. The molecule has 0 saturated carbocycles. The largest absolute Gasteiger partial charge is 0.447 e. The molecule has 2 unspecified atom stereocenters. The van der Waals surface area contributed by atoms with E-state index in [1.165, 1.54) is 9.80 Å². The van der Waals surface area contributed by atoms with Crippen LogP contribution in [0.5, 0.6) is 0 Å². The van der Waals surface area contributed by atoms with E-state index in [1.54, 1.807) is 27.7 Å². The van der Waals surface area contributed by atoms with Crippen molar-refractivity contribution in [1.82, 2.24) is 20.4 Å². The lowest BCUT2D eigenvalue weighted by Crippen LogP contribution is -2.47. The lowest BCUT2D eigenvalue weighted by atomic mass is 9.80. The van der Waals surface area contributed by atoms with Crippen molar-refractivity contribution in [1.29, 1.82) is 0 Å². The van der Waals surface area contributed by atoms with Gasteiger partial charge in [-0.25, -0.2) is 19.4 Å². The van der Waals surface area contributed by atoms with E-state index in [0.717, 1.165) is 11.1 Å². The summed E-state index contributed by atoms with van der Waals surface area (Å²) in [5.41, 5.74) is 0.427. The smallest absolute Gasteiger partial charge is 0.416 e. The van der Waals surface area contributed by atoms with Crippen LogP contribution in [0.15, 0.2) is 60.7 Å². The van der Waals surface area contributed by atoms with Crippen molar-refractivity contribution >= 4 is 35.8 Å². The third-order valence-electron chi connectivity index (χ3n) is 9.47. The Kier molecular flexibility index (Phi) is 9.18. The van der Waals surface area contributed by atoms with E-state index < -0.39 is 34.9 Å². The van der Waals surface area contributed by atoms with Crippen LogP contribution in [0, 0.1) is 22.7 Å². The van der Waals surface area contributed by atoms with Crippen LogP contribution in [0.25, 0.3) is 0 Å². The minimum absolute atomic E-state index is 0.164. The second-order valence-electron chi connectivity index (χ2n) is 13.2. The number of imide groups is 2. The van der Waals surface area contributed by atoms with Gasteiger partial charge in [-0.2, -0.15) is 0 Å². The van der Waals surface area contributed by atoms with Crippen molar-refractivity contribution in [3.63, 3.8) is 0 Å². The monoisotopic (exact) mass is 632 g/mol. The van der Waals surface area contributed by atoms with Gasteiger partial charge in [0.1, 0.15) is 13.2 Å². The first-order valence-electron chi connectivity index (χ1n) is 15.5. The Hall–Kier alpha value is -4.74. The zero-order valence-corrected chi connectivity index (χ0v) is 26.5. The van der Waals surface area contributed by atoms with Crippen molar-refractivity contribution in [2.45, 2.75) is 52.6 Å². The predicted octanol–water partition coefficient (Wildman–Crippen LogP) is 2.70. The second-order valence-corrected chi connectivity index (χ2v) is 13.2. The second kappa shape index (κ2) is 12.9. The molecule has 6 amide bonds. The Labute approximate surface area is 267 Å². The van der Waals surface area contributed by atoms with Gasteiger partial charge in [-0.1, -0.05) is 88.4 Å². The SMILES string of the molecule is CC1(C)C(=O)NC[C@@H]1C(=O)N1C(=O)OCC1Cc1ccccc1.CC1(C)C(=O)NC[C@H]1C(=O)N1C(=O)OCC1Cc1ccccc1. The third kappa shape index (κ3) is 6.33. The molecule has 4 aliphatic heterocycles. The highest BCUT2D eigenvalue weighted by atomic mass is 16.6. The highest BCUT2D eigenvalue weighted by Gasteiger charge is 2.52. The first-order valence-corrected chi connectivity index (χ1v) is 15.5. The fourth-order valence-corrected chi connectivity index (χ4v) is 6.33. The topological polar surface area (TPSA) is 151 Å². The molecule has 0 aliphatic carbocycles. The quantitative estimate of drug-likeness (QED) is 0.494. The molecule has 4 atom stereocenters. The van der Waals surface area contributed by atoms with Crippen LogP contribution < -0.4 is 10.6 Å². The first-order chi connectivity index (χ1) is 21.8. The third-order valence-corrected chi connectivity index (χ3v) is 9.47. The normalized spacial score (nSPS) is 26.1. The fourth-order valence-electron chi connectivity index (χ4n) is 6.33. The van der Waals surface area contributed by atoms with Crippen LogP contribution in [0.3, 0.4) is 0 Å². The molecule has 244 valence electrons. The molecule has 2 aromatic rings. The van der Waals surface area contributed by atoms with E-state index in [-0.39, 0.29) is 62.0 Å². The van der Waals surface area contributed by atoms with E-state index in [0.29, 0.717) is 12.8 Å². The van der Waals surface area contributed by atoms with Gasteiger partial charge in [0.2, 0.25) is 23.6 Å². The van der Waals surface area contributed by atoms with E-state index in [2.05, 4.69) is 10.6 Å². The molecule has 46 heavy (non-hydrogen) atoms. The van der Waals surface area contributed by atoms with Crippen molar-refractivity contribution in [2.24, 2.45) is 22.7 Å². The number of hydrogen-bond donors (Lipinski definition) is 2. The van der Waals surface area contributed by atoms with Gasteiger partial charge in [0.15, 0.2) is 0 Å². The number of rotatable bonds is 6. The highest BCUT2D eigenvalue weighted by Crippen LogP contribution is 2.36. The predicted molar refractivity (Wildman–Crippen MR) is 165 cm³/mol. The van der Waals surface area contributed by atoms with E-state index in [9.17, 15) is 28.8 Å². The van der Waals surface area contributed by atoms with Crippen LogP contribution >= 0.6 is 0 Å². The van der Waals surface area contributed by atoms with Crippen molar-refractivity contribution in [3.05, 3.63) is 71.8 Å². The van der Waals surface area contributed by atoms with Gasteiger partial charge in [0, 0.05) is 13.1 Å². The number of nitrogens with zero attached hydrogens (tertiary/aromatic N) is 2. The van der Waals surface area contributed by atoms with Gasteiger partial charge in [0.05, 0.1) is 34.7 Å². The Morgan fingerprint density at radius 3 is 1.30 bits per heavy atom. The van der Waals surface area contributed by atoms with E-state index in [4.69, 9.17) is 9.47 Å². The van der Waals surface area contributed by atoms with Gasteiger partial charge in [-0.15, -0.1) is 0 Å². The molecule has 12 heteroatoms. The molecule has 2 aromatic carbocycles. The Morgan fingerprint density at radius 1 is 0.652 bits per heavy atom. The van der Waals surface area contributed by atoms with Gasteiger partial charge in [0.25, 0.3) is 0 Å². The van der Waals surface area contributed by atoms with Gasteiger partial charge in [-0.3, -0.25) is 19.2 Å². The summed E-state index contributed by atoms with van der Waals surface area (Å²) in [7, 11) is 0. The number of carbonyl (C=O) groups excluding carboxylic acids is 6. The summed E-state index contributed by atoms with van der Waals surface area (Å²) in [6.45, 7) is 7.80. The maximum Gasteiger partial charge on any atom is 0.416 e. The maximum atomic E-state index is 12.9. The van der Waals surface area contributed by atoms with Gasteiger partial charge in [-0.05, 0) is 24.0 Å². The summed E-state index contributed by atoms with van der Waals surface area (Å²) in [5, 5.41) is 5.41. The molecule has 0 bridgehead atoms. The Bertz CT molecular complexity index is 1400. The van der Waals surface area contributed by atoms with Crippen LogP contribution in [0.1, 0.15) is 38.8 Å². The zero-order chi connectivity index (χ0) is 33.2.